The number of benzene rings is 1. The molecule has 2 rings (SSSR count). The second-order valence-electron chi connectivity index (χ2n) is 7.10. The van der Waals surface area contributed by atoms with E-state index in [1.54, 1.807) is 52.1 Å². The largest absolute Gasteiger partial charge is 0.459 e. The van der Waals surface area contributed by atoms with Crippen LogP contribution in [0.1, 0.15) is 33.6 Å². The van der Waals surface area contributed by atoms with Gasteiger partial charge in [0.1, 0.15) is 11.6 Å². The van der Waals surface area contributed by atoms with Gasteiger partial charge in [0.15, 0.2) is 0 Å². The Balaban J connectivity index is 2.13. The molecule has 0 aliphatic heterocycles. The summed E-state index contributed by atoms with van der Waals surface area (Å²) in [5.41, 5.74) is 5.13. The normalized spacial score (nSPS) is 13.0. The molecule has 1 heterocycles. The number of esters is 1. The van der Waals surface area contributed by atoms with Crippen molar-refractivity contribution < 1.29 is 9.53 Å². The number of aryl methyl sites for hydroxylation is 1. The zero-order valence-corrected chi connectivity index (χ0v) is 15.1. The van der Waals surface area contributed by atoms with Gasteiger partial charge in [-0.05, 0) is 45.7 Å². The van der Waals surface area contributed by atoms with Crippen LogP contribution in [0.15, 0.2) is 33.9 Å². The van der Waals surface area contributed by atoms with Crippen molar-refractivity contribution in [2.45, 2.75) is 51.8 Å². The highest BCUT2D eigenvalue weighted by atomic mass is 16.6. The van der Waals surface area contributed by atoms with Crippen LogP contribution in [0.5, 0.6) is 0 Å². The lowest BCUT2D eigenvalue weighted by molar-refractivity contribution is -0.156. The van der Waals surface area contributed by atoms with Gasteiger partial charge in [-0.3, -0.25) is 18.7 Å². The van der Waals surface area contributed by atoms with Crippen LogP contribution in [-0.4, -0.2) is 26.7 Å². The molecule has 2 N–H and O–H groups in total. The van der Waals surface area contributed by atoms with Crippen molar-refractivity contribution in [3.05, 3.63) is 45.1 Å². The van der Waals surface area contributed by atoms with Gasteiger partial charge in [0.05, 0.1) is 10.9 Å². The number of aromatic nitrogens is 2. The summed E-state index contributed by atoms with van der Waals surface area (Å²) in [5, 5.41) is 0.487. The van der Waals surface area contributed by atoms with Crippen LogP contribution in [0.4, 0.5) is 0 Å². The van der Waals surface area contributed by atoms with E-state index in [1.165, 1.54) is 9.13 Å². The zero-order valence-electron chi connectivity index (χ0n) is 15.1. The van der Waals surface area contributed by atoms with Gasteiger partial charge in [-0.25, -0.2) is 4.79 Å². The minimum absolute atomic E-state index is 0.201. The third-order valence-electron chi connectivity index (χ3n) is 3.87. The van der Waals surface area contributed by atoms with E-state index in [1.807, 2.05) is 0 Å². The summed E-state index contributed by atoms with van der Waals surface area (Å²) in [6.45, 7) is 5.52. The first-order chi connectivity index (χ1) is 11.6. The highest BCUT2D eigenvalue weighted by Crippen LogP contribution is 2.10. The molecule has 2 aromatic rings. The summed E-state index contributed by atoms with van der Waals surface area (Å²) in [6.07, 6.45) is 0.755. The van der Waals surface area contributed by atoms with E-state index < -0.39 is 17.6 Å². The topological polar surface area (TPSA) is 96.3 Å². The molecule has 7 nitrogen and oxygen atoms in total. The molecule has 0 fully saturated rings. The fraction of sp³-hybridized carbons (Fsp3) is 0.500. The van der Waals surface area contributed by atoms with Crippen molar-refractivity contribution in [1.82, 2.24) is 9.13 Å². The Morgan fingerprint density at radius 3 is 2.52 bits per heavy atom. The second kappa shape index (κ2) is 7.23. The predicted molar refractivity (Wildman–Crippen MR) is 96.5 cm³/mol. The molecule has 0 unspecified atom stereocenters. The average Bonchev–Trinajstić information content (AvgIpc) is 2.54. The first kappa shape index (κ1) is 18.9. The quantitative estimate of drug-likeness (QED) is 0.819. The molecule has 1 aromatic heterocycles. The Labute approximate surface area is 146 Å². The van der Waals surface area contributed by atoms with E-state index in [4.69, 9.17) is 10.5 Å². The molecule has 1 aromatic carbocycles. The number of para-hydroxylation sites is 1. The Hall–Kier alpha value is -2.41. The molecular formula is C18H25N3O4. The van der Waals surface area contributed by atoms with Crippen LogP contribution in [0.2, 0.25) is 0 Å². The molecule has 0 bridgehead atoms. The summed E-state index contributed by atoms with van der Waals surface area (Å²) in [4.78, 5) is 36.8. The van der Waals surface area contributed by atoms with Gasteiger partial charge >= 0.3 is 11.7 Å². The Morgan fingerprint density at radius 1 is 1.24 bits per heavy atom. The fourth-order valence-electron chi connectivity index (χ4n) is 2.63. The number of carbonyl (C=O) groups excluding carboxylic acids is 1. The molecule has 0 saturated carbocycles. The van der Waals surface area contributed by atoms with Gasteiger partial charge in [-0.2, -0.15) is 0 Å². The number of carbonyl (C=O) groups is 1. The lowest BCUT2D eigenvalue weighted by Gasteiger charge is -2.22. The van der Waals surface area contributed by atoms with E-state index in [0.717, 1.165) is 0 Å². The minimum Gasteiger partial charge on any atom is -0.459 e. The molecule has 25 heavy (non-hydrogen) atoms. The number of hydrogen-bond donors (Lipinski definition) is 1. The second-order valence-corrected chi connectivity index (χ2v) is 7.10. The van der Waals surface area contributed by atoms with E-state index >= 15 is 0 Å². The molecule has 0 spiro atoms. The van der Waals surface area contributed by atoms with Crippen molar-refractivity contribution in [3.63, 3.8) is 0 Å². The SMILES string of the molecule is Cn1c(=O)n(CCC[C@@H](N)C(=O)OC(C)(C)C)c(=O)c2ccccc21. The molecule has 0 saturated heterocycles. The van der Waals surface area contributed by atoms with Crippen LogP contribution in [0, 0.1) is 0 Å². The predicted octanol–water partition coefficient (Wildman–Crippen LogP) is 1.15. The molecule has 0 radical (unpaired) electrons. The van der Waals surface area contributed by atoms with E-state index in [0.29, 0.717) is 23.7 Å². The van der Waals surface area contributed by atoms with Crippen molar-refractivity contribution in [2.75, 3.05) is 0 Å². The van der Waals surface area contributed by atoms with E-state index in [2.05, 4.69) is 0 Å². The molecule has 0 amide bonds. The van der Waals surface area contributed by atoms with Gasteiger partial charge in [0.2, 0.25) is 0 Å². The Bertz CT molecular complexity index is 890. The first-order valence-corrected chi connectivity index (χ1v) is 8.29. The van der Waals surface area contributed by atoms with Crippen molar-refractivity contribution in [3.8, 4) is 0 Å². The third kappa shape index (κ3) is 4.36. The van der Waals surface area contributed by atoms with Gasteiger partial charge in [0, 0.05) is 13.6 Å². The Kier molecular flexibility index (Phi) is 5.47. The fourth-order valence-corrected chi connectivity index (χ4v) is 2.63. The van der Waals surface area contributed by atoms with Crippen LogP contribution in [0.3, 0.4) is 0 Å². The number of hydrogen-bond acceptors (Lipinski definition) is 5. The molecule has 1 atom stereocenters. The van der Waals surface area contributed by atoms with Crippen molar-refractivity contribution >= 4 is 16.9 Å². The van der Waals surface area contributed by atoms with Crippen LogP contribution in [0.25, 0.3) is 10.9 Å². The van der Waals surface area contributed by atoms with E-state index in [-0.39, 0.29) is 17.8 Å². The lowest BCUT2D eigenvalue weighted by Crippen LogP contribution is -2.40. The van der Waals surface area contributed by atoms with Gasteiger partial charge in [0.25, 0.3) is 5.56 Å². The monoisotopic (exact) mass is 347 g/mol. The molecule has 0 aliphatic carbocycles. The summed E-state index contributed by atoms with van der Waals surface area (Å²) < 4.78 is 7.86. The summed E-state index contributed by atoms with van der Waals surface area (Å²) in [7, 11) is 1.63. The first-order valence-electron chi connectivity index (χ1n) is 8.29. The number of nitrogens with two attached hydrogens (primary N) is 1. The third-order valence-corrected chi connectivity index (χ3v) is 3.87. The highest BCUT2D eigenvalue weighted by molar-refractivity contribution is 5.77. The van der Waals surface area contributed by atoms with Gasteiger partial charge < -0.3 is 10.5 Å². The van der Waals surface area contributed by atoms with Gasteiger partial charge in [-0.1, -0.05) is 12.1 Å². The number of rotatable bonds is 5. The molecule has 0 aliphatic rings. The van der Waals surface area contributed by atoms with Crippen LogP contribution >= 0.6 is 0 Å². The average molecular weight is 347 g/mol. The van der Waals surface area contributed by atoms with Crippen LogP contribution < -0.4 is 17.0 Å². The maximum Gasteiger partial charge on any atom is 0.331 e. The van der Waals surface area contributed by atoms with E-state index in [9.17, 15) is 14.4 Å². The number of fused-ring (bicyclic) bond motifs is 1. The maximum absolute atomic E-state index is 12.5. The standard InChI is InChI=1S/C18H25N3O4/c1-18(2,3)25-16(23)13(19)9-7-11-21-15(22)12-8-5-6-10-14(12)20(4)17(21)24/h5-6,8,10,13H,7,9,11,19H2,1-4H3/t13-/m1/s1. The number of nitrogens with zero attached hydrogens (tertiary/aromatic N) is 2. The lowest BCUT2D eigenvalue weighted by atomic mass is 10.1. The van der Waals surface area contributed by atoms with Crippen LogP contribution in [-0.2, 0) is 23.1 Å². The van der Waals surface area contributed by atoms with Crippen molar-refractivity contribution in [1.29, 1.82) is 0 Å². The molecule has 136 valence electrons. The highest BCUT2D eigenvalue weighted by Gasteiger charge is 2.22. The number of ether oxygens (including phenoxy) is 1. The molecular weight excluding hydrogens is 322 g/mol. The van der Waals surface area contributed by atoms with Gasteiger partial charge in [-0.15, -0.1) is 0 Å². The summed E-state index contributed by atoms with van der Waals surface area (Å²) in [6, 6.07) is 6.20. The summed E-state index contributed by atoms with van der Waals surface area (Å²) >= 11 is 0. The molecule has 7 heteroatoms. The maximum atomic E-state index is 12.5. The summed E-state index contributed by atoms with van der Waals surface area (Å²) in [5.74, 6) is -0.480. The minimum atomic E-state index is -0.778. The smallest absolute Gasteiger partial charge is 0.331 e. The Morgan fingerprint density at radius 2 is 1.88 bits per heavy atom. The van der Waals surface area contributed by atoms with Crippen molar-refractivity contribution in [2.24, 2.45) is 12.8 Å². The zero-order chi connectivity index (χ0) is 18.8.